The summed E-state index contributed by atoms with van der Waals surface area (Å²) in [6, 6.07) is 23.3. The summed E-state index contributed by atoms with van der Waals surface area (Å²) in [6.45, 7) is 7.83. The van der Waals surface area contributed by atoms with Gasteiger partial charge < -0.3 is 30.2 Å². The lowest BCUT2D eigenvalue weighted by molar-refractivity contribution is 0.223. The number of benzene rings is 3. The van der Waals surface area contributed by atoms with Crippen molar-refractivity contribution in [3.63, 3.8) is 0 Å². The van der Waals surface area contributed by atoms with Crippen LogP contribution in [-0.2, 0) is 0 Å². The fourth-order valence-electron chi connectivity index (χ4n) is 4.30. The lowest BCUT2D eigenvalue weighted by Crippen LogP contribution is -2.27. The number of para-hydroxylation sites is 3. The Morgan fingerprint density at radius 3 is 2.16 bits per heavy atom. The van der Waals surface area contributed by atoms with E-state index < -0.39 is 0 Å². The van der Waals surface area contributed by atoms with Gasteiger partial charge in [0.25, 0.3) is 0 Å². The van der Waals surface area contributed by atoms with Gasteiger partial charge in [0.15, 0.2) is 0 Å². The molecule has 1 aromatic heterocycles. The molecule has 0 aliphatic carbocycles. The van der Waals surface area contributed by atoms with Crippen LogP contribution in [0.5, 0.6) is 17.2 Å². The van der Waals surface area contributed by atoms with Gasteiger partial charge in [0, 0.05) is 17.7 Å². The minimum atomic E-state index is 0.149. The maximum Gasteiger partial charge on any atom is 0.222 e. The number of anilines is 3. The van der Waals surface area contributed by atoms with Crippen molar-refractivity contribution in [2.24, 2.45) is 0 Å². The number of likely N-dealkylation sites (N-methyl/N-ethyl adjacent to an activating group) is 1. The molecular weight excluding hydrogens is 478 g/mol. The van der Waals surface area contributed by atoms with Crippen molar-refractivity contribution in [1.29, 1.82) is 0 Å². The molecule has 198 valence electrons. The van der Waals surface area contributed by atoms with Crippen LogP contribution in [0.4, 0.5) is 17.5 Å². The molecule has 3 N–H and O–H groups in total. The highest BCUT2D eigenvalue weighted by molar-refractivity contribution is 5.93. The molecule has 0 radical (unpaired) electrons. The van der Waals surface area contributed by atoms with Crippen LogP contribution in [0.15, 0.2) is 72.8 Å². The van der Waals surface area contributed by atoms with Crippen LogP contribution in [-0.4, -0.2) is 55.3 Å². The van der Waals surface area contributed by atoms with Crippen LogP contribution in [0.25, 0.3) is 22.4 Å². The molecule has 0 aliphatic rings. The second-order valence-corrected chi connectivity index (χ2v) is 8.58. The van der Waals surface area contributed by atoms with E-state index >= 15 is 0 Å². The Kier molecular flexibility index (Phi) is 9.00. The van der Waals surface area contributed by atoms with E-state index in [1.807, 2.05) is 72.8 Å². The van der Waals surface area contributed by atoms with Gasteiger partial charge in [-0.3, -0.25) is 0 Å². The van der Waals surface area contributed by atoms with E-state index in [-0.39, 0.29) is 5.95 Å². The summed E-state index contributed by atoms with van der Waals surface area (Å²) in [5.74, 6) is 2.87. The highest BCUT2D eigenvalue weighted by Crippen LogP contribution is 2.42. The molecule has 0 amide bonds. The van der Waals surface area contributed by atoms with Gasteiger partial charge in [-0.05, 0) is 55.6 Å². The van der Waals surface area contributed by atoms with Crippen molar-refractivity contribution in [1.82, 2.24) is 14.9 Å². The number of ether oxygens (including phenoxy) is 3. The summed E-state index contributed by atoms with van der Waals surface area (Å²) >= 11 is 0. The number of rotatable bonds is 12. The highest BCUT2D eigenvalue weighted by Gasteiger charge is 2.21. The summed E-state index contributed by atoms with van der Waals surface area (Å²) in [7, 11) is 3.28. The van der Waals surface area contributed by atoms with Crippen molar-refractivity contribution in [3.8, 4) is 39.6 Å². The molecule has 38 heavy (non-hydrogen) atoms. The largest absolute Gasteiger partial charge is 0.496 e. The van der Waals surface area contributed by atoms with Gasteiger partial charge in [0.05, 0.1) is 31.2 Å². The van der Waals surface area contributed by atoms with E-state index in [2.05, 4.69) is 34.0 Å². The molecule has 8 nitrogen and oxygen atoms in total. The van der Waals surface area contributed by atoms with Crippen molar-refractivity contribution < 1.29 is 14.2 Å². The van der Waals surface area contributed by atoms with Gasteiger partial charge in [-0.2, -0.15) is 4.98 Å². The van der Waals surface area contributed by atoms with Crippen molar-refractivity contribution in [3.05, 3.63) is 72.8 Å². The normalized spacial score (nSPS) is 10.9. The molecule has 4 aromatic rings. The first-order chi connectivity index (χ1) is 18.6. The zero-order valence-electron chi connectivity index (χ0n) is 22.4. The van der Waals surface area contributed by atoms with E-state index in [1.165, 1.54) is 0 Å². The van der Waals surface area contributed by atoms with E-state index in [1.54, 1.807) is 14.2 Å². The van der Waals surface area contributed by atoms with E-state index in [0.717, 1.165) is 47.8 Å². The van der Waals surface area contributed by atoms with Crippen molar-refractivity contribution >= 4 is 17.5 Å². The number of hydrogen-bond acceptors (Lipinski definition) is 8. The van der Waals surface area contributed by atoms with E-state index in [4.69, 9.17) is 19.9 Å². The topological polar surface area (TPSA) is 94.8 Å². The molecule has 0 atom stereocenters. The SMILES string of the molecule is CCN(CC)CCOc1ccc(-c2nc(N)nc(Nc3ccccc3OC)c2-c2ccccc2OC)cc1. The molecule has 8 heteroatoms. The molecule has 0 unspecified atom stereocenters. The maximum absolute atomic E-state index is 6.23. The second kappa shape index (κ2) is 12.8. The zero-order chi connectivity index (χ0) is 26.9. The Morgan fingerprint density at radius 2 is 1.47 bits per heavy atom. The van der Waals surface area contributed by atoms with Gasteiger partial charge in [-0.15, -0.1) is 0 Å². The summed E-state index contributed by atoms with van der Waals surface area (Å²) in [5, 5.41) is 3.41. The fourth-order valence-corrected chi connectivity index (χ4v) is 4.30. The molecule has 0 bridgehead atoms. The standard InChI is InChI=1S/C30H35N5O3/c1-5-35(6-2)19-20-38-22-17-15-21(16-18-22)28-27(23-11-7-9-13-25(23)36-3)29(34-30(31)33-28)32-24-12-8-10-14-26(24)37-4/h7-18H,5-6,19-20H2,1-4H3,(H3,31,32,33,34). The number of nitrogen functional groups attached to an aromatic ring is 1. The van der Waals surface area contributed by atoms with Crippen LogP contribution in [0.1, 0.15) is 13.8 Å². The lowest BCUT2D eigenvalue weighted by atomic mass is 9.98. The van der Waals surface area contributed by atoms with Crippen LogP contribution < -0.4 is 25.3 Å². The molecule has 0 saturated heterocycles. The molecule has 3 aromatic carbocycles. The van der Waals surface area contributed by atoms with E-state index in [0.29, 0.717) is 29.6 Å². The lowest BCUT2D eigenvalue weighted by Gasteiger charge is -2.19. The molecular formula is C30H35N5O3. The smallest absolute Gasteiger partial charge is 0.222 e. The average Bonchev–Trinajstić information content (AvgIpc) is 2.96. The molecule has 0 fully saturated rings. The number of nitrogens with one attached hydrogen (secondary N) is 1. The Bertz CT molecular complexity index is 1340. The Labute approximate surface area is 224 Å². The molecule has 0 saturated carbocycles. The van der Waals surface area contributed by atoms with Gasteiger partial charge >= 0.3 is 0 Å². The van der Waals surface area contributed by atoms with Crippen LogP contribution in [0.3, 0.4) is 0 Å². The first-order valence-corrected chi connectivity index (χ1v) is 12.7. The first kappa shape index (κ1) is 26.8. The minimum Gasteiger partial charge on any atom is -0.496 e. The summed E-state index contributed by atoms with van der Waals surface area (Å²) in [5.41, 5.74) is 10.1. The molecule has 1 heterocycles. The van der Waals surface area contributed by atoms with Crippen LogP contribution in [0, 0.1) is 0 Å². The van der Waals surface area contributed by atoms with Gasteiger partial charge in [0.1, 0.15) is 29.7 Å². The summed E-state index contributed by atoms with van der Waals surface area (Å²) in [4.78, 5) is 11.6. The monoisotopic (exact) mass is 513 g/mol. The zero-order valence-corrected chi connectivity index (χ0v) is 22.4. The second-order valence-electron chi connectivity index (χ2n) is 8.58. The number of aromatic nitrogens is 2. The Morgan fingerprint density at radius 1 is 0.816 bits per heavy atom. The highest BCUT2D eigenvalue weighted by atomic mass is 16.5. The molecule has 4 rings (SSSR count). The third kappa shape index (κ3) is 6.15. The molecule has 0 spiro atoms. The fraction of sp³-hybridized carbons (Fsp3) is 0.267. The number of nitrogens with zero attached hydrogens (tertiary/aromatic N) is 3. The quantitative estimate of drug-likeness (QED) is 0.243. The van der Waals surface area contributed by atoms with E-state index in [9.17, 15) is 0 Å². The van der Waals surface area contributed by atoms with Crippen LogP contribution >= 0.6 is 0 Å². The summed E-state index contributed by atoms with van der Waals surface area (Å²) in [6.07, 6.45) is 0. The third-order valence-electron chi connectivity index (χ3n) is 6.36. The average molecular weight is 514 g/mol. The predicted octanol–water partition coefficient (Wildman–Crippen LogP) is 5.87. The summed E-state index contributed by atoms with van der Waals surface area (Å²) < 4.78 is 17.2. The maximum atomic E-state index is 6.23. The number of nitrogens with two attached hydrogens (primary N) is 1. The van der Waals surface area contributed by atoms with Crippen molar-refractivity contribution in [2.45, 2.75) is 13.8 Å². The van der Waals surface area contributed by atoms with Gasteiger partial charge in [-0.1, -0.05) is 44.2 Å². The third-order valence-corrected chi connectivity index (χ3v) is 6.36. The minimum absolute atomic E-state index is 0.149. The van der Waals surface area contributed by atoms with Gasteiger partial charge in [0.2, 0.25) is 5.95 Å². The van der Waals surface area contributed by atoms with Crippen LogP contribution in [0.2, 0.25) is 0 Å². The van der Waals surface area contributed by atoms with Gasteiger partial charge in [-0.25, -0.2) is 4.98 Å². The predicted molar refractivity (Wildman–Crippen MR) is 153 cm³/mol. The van der Waals surface area contributed by atoms with Crippen molar-refractivity contribution in [2.75, 3.05) is 51.5 Å². The Balaban J connectivity index is 1.76. The number of hydrogen-bond donors (Lipinski definition) is 2. The first-order valence-electron chi connectivity index (χ1n) is 12.7. The number of methoxy groups -OCH3 is 2. The molecule has 0 aliphatic heterocycles. The Hall–Kier alpha value is -4.30.